The summed E-state index contributed by atoms with van der Waals surface area (Å²) in [4.78, 5) is 4.46. The number of nitriles is 1. The van der Waals surface area contributed by atoms with Crippen LogP contribution >= 0.6 is 0 Å². The lowest BCUT2D eigenvalue weighted by molar-refractivity contribution is -0.124. The molecule has 1 aromatic rings. The van der Waals surface area contributed by atoms with Gasteiger partial charge in [-0.3, -0.25) is 0 Å². The minimum atomic E-state index is -0.592. The number of hydrogen-bond donors (Lipinski definition) is 2. The second-order valence-corrected chi connectivity index (χ2v) is 12.0. The van der Waals surface area contributed by atoms with Gasteiger partial charge in [0.05, 0.1) is 17.8 Å². The van der Waals surface area contributed by atoms with Gasteiger partial charge in [-0.1, -0.05) is 6.92 Å². The van der Waals surface area contributed by atoms with Crippen molar-refractivity contribution in [1.82, 2.24) is 4.98 Å². The third-order valence-corrected chi connectivity index (χ3v) is 10.5. The van der Waals surface area contributed by atoms with Gasteiger partial charge in [0.15, 0.2) is 0 Å². The number of anilines is 1. The highest BCUT2D eigenvalue weighted by Crippen LogP contribution is 2.65. The van der Waals surface area contributed by atoms with Gasteiger partial charge >= 0.3 is 0 Å². The van der Waals surface area contributed by atoms with Crippen LogP contribution in [0.1, 0.15) is 77.2 Å². The molecule has 33 heavy (non-hydrogen) atoms. The number of nitrogens with one attached hydrogen (secondary N) is 1. The van der Waals surface area contributed by atoms with Crippen molar-refractivity contribution in [3.05, 3.63) is 23.9 Å². The van der Waals surface area contributed by atoms with Gasteiger partial charge in [-0.15, -0.1) is 0 Å². The molecule has 0 bridgehead atoms. The van der Waals surface area contributed by atoms with Crippen LogP contribution in [0.2, 0.25) is 0 Å². The molecule has 5 rings (SSSR count). The van der Waals surface area contributed by atoms with Crippen LogP contribution in [0, 0.1) is 52.3 Å². The first kappa shape index (κ1) is 23.1. The SMILES string of the molecule is COC[C@@]1(O)CC[C@H]2[C@H](CC[C@@H]3[C@@H]2CC[C@]2(C)[C@@H](C(C)Nc4ccc(C#N)cn4)CC[C@@H]32)C1. The summed E-state index contributed by atoms with van der Waals surface area (Å²) in [5, 5.41) is 23.7. The molecule has 1 heterocycles. The Labute approximate surface area is 199 Å². The number of pyridine rings is 1. The lowest BCUT2D eigenvalue weighted by Gasteiger charge is -2.57. The van der Waals surface area contributed by atoms with E-state index in [0.29, 0.717) is 35.5 Å². The molecule has 0 spiro atoms. The van der Waals surface area contributed by atoms with Crippen LogP contribution in [-0.4, -0.2) is 35.5 Å². The van der Waals surface area contributed by atoms with E-state index in [9.17, 15) is 5.11 Å². The Balaban J connectivity index is 1.27. The molecule has 2 N–H and O–H groups in total. The number of nitrogens with zero attached hydrogens (tertiary/aromatic N) is 2. The van der Waals surface area contributed by atoms with Gasteiger partial charge in [0.1, 0.15) is 11.9 Å². The van der Waals surface area contributed by atoms with E-state index in [2.05, 4.69) is 30.2 Å². The molecule has 0 saturated heterocycles. The third-order valence-electron chi connectivity index (χ3n) is 10.5. The highest BCUT2D eigenvalue weighted by molar-refractivity contribution is 5.40. The predicted octanol–water partition coefficient (Wildman–Crippen LogP) is 5.40. The molecule has 0 radical (unpaired) electrons. The third kappa shape index (κ3) is 4.08. The molecule has 1 aromatic heterocycles. The topological polar surface area (TPSA) is 78.2 Å². The zero-order valence-electron chi connectivity index (χ0n) is 20.6. The van der Waals surface area contributed by atoms with E-state index in [1.165, 1.54) is 44.9 Å². The van der Waals surface area contributed by atoms with Crippen LogP contribution in [0.5, 0.6) is 0 Å². The van der Waals surface area contributed by atoms with E-state index in [1.54, 1.807) is 13.3 Å². The van der Waals surface area contributed by atoms with E-state index >= 15 is 0 Å². The van der Waals surface area contributed by atoms with E-state index in [0.717, 1.165) is 42.3 Å². The van der Waals surface area contributed by atoms with Crippen molar-refractivity contribution in [3.8, 4) is 6.07 Å². The van der Waals surface area contributed by atoms with Crippen molar-refractivity contribution in [2.75, 3.05) is 19.0 Å². The van der Waals surface area contributed by atoms with E-state index in [1.807, 2.05) is 12.1 Å². The number of aromatic nitrogens is 1. The molecule has 0 aromatic carbocycles. The van der Waals surface area contributed by atoms with Crippen molar-refractivity contribution in [1.29, 1.82) is 5.26 Å². The first-order chi connectivity index (χ1) is 15.9. The number of ether oxygens (including phenoxy) is 1. The summed E-state index contributed by atoms with van der Waals surface area (Å²) in [6.07, 6.45) is 12.7. The van der Waals surface area contributed by atoms with Gasteiger partial charge in [-0.05, 0) is 118 Å². The molecule has 5 heteroatoms. The van der Waals surface area contributed by atoms with Gasteiger partial charge < -0.3 is 15.2 Å². The van der Waals surface area contributed by atoms with Crippen molar-refractivity contribution in [2.45, 2.75) is 83.3 Å². The predicted molar refractivity (Wildman–Crippen MR) is 129 cm³/mol. The Morgan fingerprint density at radius 1 is 1.15 bits per heavy atom. The number of methoxy groups -OCH3 is 1. The average molecular weight is 452 g/mol. The highest BCUT2D eigenvalue weighted by Gasteiger charge is 2.58. The molecule has 180 valence electrons. The maximum atomic E-state index is 11.0. The smallest absolute Gasteiger partial charge is 0.126 e. The highest BCUT2D eigenvalue weighted by atomic mass is 16.5. The van der Waals surface area contributed by atoms with Crippen molar-refractivity contribution in [3.63, 3.8) is 0 Å². The molecule has 9 atom stereocenters. The molecular formula is C28H41N3O2. The van der Waals surface area contributed by atoms with E-state index < -0.39 is 5.60 Å². The maximum absolute atomic E-state index is 11.0. The Hall–Kier alpha value is -1.64. The monoisotopic (exact) mass is 451 g/mol. The van der Waals surface area contributed by atoms with Crippen molar-refractivity contribution in [2.24, 2.45) is 40.9 Å². The molecule has 5 nitrogen and oxygen atoms in total. The molecule has 4 saturated carbocycles. The Kier molecular flexibility index (Phi) is 6.20. The molecule has 4 aliphatic carbocycles. The fourth-order valence-corrected chi connectivity index (χ4v) is 9.10. The summed E-state index contributed by atoms with van der Waals surface area (Å²) in [5.41, 5.74) is 0.419. The minimum absolute atomic E-state index is 0.382. The average Bonchev–Trinajstić information content (AvgIpc) is 3.16. The molecule has 4 fully saturated rings. The first-order valence-corrected chi connectivity index (χ1v) is 13.2. The van der Waals surface area contributed by atoms with E-state index in [-0.39, 0.29) is 0 Å². The van der Waals surface area contributed by atoms with Crippen LogP contribution < -0.4 is 5.32 Å². The molecule has 4 aliphatic rings. The standard InChI is InChI=1S/C28H41N3O2/c1-18(31-26-9-4-19(15-29)16-30-26)24-7-8-25-23-6-5-20-14-28(32,17-33-3)13-11-21(20)22(23)10-12-27(24,25)2/h4,9,16,18,20-25,32H,5-8,10-14,17H2,1-3H3,(H,30,31)/t18?,20-,21+,22-,23-,24-,25+,27-,28-/m1/s1. The summed E-state index contributed by atoms with van der Waals surface area (Å²) < 4.78 is 5.35. The quantitative estimate of drug-likeness (QED) is 0.627. The van der Waals surface area contributed by atoms with Gasteiger partial charge in [-0.25, -0.2) is 4.98 Å². The largest absolute Gasteiger partial charge is 0.387 e. The zero-order valence-corrected chi connectivity index (χ0v) is 20.6. The number of aliphatic hydroxyl groups is 1. The van der Waals surface area contributed by atoms with Crippen molar-refractivity contribution < 1.29 is 9.84 Å². The minimum Gasteiger partial charge on any atom is -0.387 e. The maximum Gasteiger partial charge on any atom is 0.126 e. The Morgan fingerprint density at radius 3 is 2.70 bits per heavy atom. The lowest BCUT2D eigenvalue weighted by Crippen LogP contribution is -2.52. The summed E-state index contributed by atoms with van der Waals surface area (Å²) in [5.74, 6) is 5.60. The Morgan fingerprint density at radius 2 is 1.97 bits per heavy atom. The number of hydrogen-bond acceptors (Lipinski definition) is 5. The Bertz CT molecular complexity index is 882. The van der Waals surface area contributed by atoms with Crippen LogP contribution in [-0.2, 0) is 4.74 Å². The van der Waals surface area contributed by atoms with Crippen LogP contribution in [0.4, 0.5) is 5.82 Å². The van der Waals surface area contributed by atoms with Gasteiger partial charge in [-0.2, -0.15) is 5.26 Å². The molecule has 1 unspecified atom stereocenters. The second-order valence-electron chi connectivity index (χ2n) is 12.0. The number of fused-ring (bicyclic) bond motifs is 5. The fourth-order valence-electron chi connectivity index (χ4n) is 9.10. The fraction of sp³-hybridized carbons (Fsp3) is 0.786. The van der Waals surface area contributed by atoms with Crippen LogP contribution in [0.15, 0.2) is 18.3 Å². The second kappa shape index (κ2) is 8.86. The lowest BCUT2D eigenvalue weighted by atomic mass is 9.48. The summed E-state index contributed by atoms with van der Waals surface area (Å²) in [6.45, 7) is 5.41. The van der Waals surface area contributed by atoms with Crippen LogP contribution in [0.25, 0.3) is 0 Å². The normalized spacial score (nSPS) is 43.0. The number of rotatable bonds is 5. The van der Waals surface area contributed by atoms with E-state index in [4.69, 9.17) is 10.00 Å². The van der Waals surface area contributed by atoms with Crippen LogP contribution in [0.3, 0.4) is 0 Å². The summed E-state index contributed by atoms with van der Waals surface area (Å²) >= 11 is 0. The van der Waals surface area contributed by atoms with Gasteiger partial charge in [0.25, 0.3) is 0 Å². The first-order valence-electron chi connectivity index (χ1n) is 13.2. The molecule has 0 aliphatic heterocycles. The van der Waals surface area contributed by atoms with Gasteiger partial charge in [0.2, 0.25) is 0 Å². The molecule has 0 amide bonds. The summed E-state index contributed by atoms with van der Waals surface area (Å²) in [7, 11) is 1.71. The molecular weight excluding hydrogens is 410 g/mol. The van der Waals surface area contributed by atoms with Crippen molar-refractivity contribution >= 4 is 5.82 Å². The summed E-state index contributed by atoms with van der Waals surface area (Å²) in [6, 6.07) is 6.32. The van der Waals surface area contributed by atoms with Gasteiger partial charge in [0, 0.05) is 19.3 Å². The zero-order chi connectivity index (χ0) is 23.2.